The highest BCUT2D eigenvalue weighted by molar-refractivity contribution is 7.89. The molecule has 1 aliphatic heterocycles. The summed E-state index contributed by atoms with van der Waals surface area (Å²) < 4.78 is 79.7. The molecule has 0 bridgehead atoms. The number of hydrogen-bond donors (Lipinski definition) is 0. The zero-order valence-corrected chi connectivity index (χ0v) is 24.9. The number of nitriles is 1. The standard InChI is InChI=1S/C30H26F3N3O7S/c1-18-6-14-23(15-7-18)44(40,41)36-26(38)35(21-11-8-19(17-34)24(16-21)30(31,32)33)25(37)29(36,5)20-9-12-22(13-10-20)42-27(39)43-28(2,3)4/h6-16H,1-5H3. The van der Waals surface area contributed by atoms with Gasteiger partial charge in [0.15, 0.2) is 5.54 Å². The zero-order chi connectivity index (χ0) is 32.8. The molecule has 1 unspecified atom stereocenters. The van der Waals surface area contributed by atoms with Gasteiger partial charge in [0.05, 0.1) is 27.8 Å². The van der Waals surface area contributed by atoms with E-state index in [0.29, 0.717) is 20.8 Å². The summed E-state index contributed by atoms with van der Waals surface area (Å²) in [7, 11) is -4.79. The van der Waals surface area contributed by atoms with Gasteiger partial charge in [-0.25, -0.2) is 22.9 Å². The molecule has 0 radical (unpaired) electrons. The molecule has 3 aromatic rings. The van der Waals surface area contributed by atoms with Gasteiger partial charge in [-0.05, 0) is 82.6 Å². The largest absolute Gasteiger partial charge is 0.514 e. The second-order valence-corrected chi connectivity index (χ2v) is 12.8. The fourth-order valence-electron chi connectivity index (χ4n) is 4.52. The van der Waals surface area contributed by atoms with Crippen molar-refractivity contribution in [3.63, 3.8) is 0 Å². The minimum Gasteiger partial charge on any atom is -0.428 e. The molecule has 1 atom stereocenters. The molecule has 0 spiro atoms. The van der Waals surface area contributed by atoms with Crippen molar-refractivity contribution in [1.82, 2.24) is 4.31 Å². The fraction of sp³-hybridized carbons (Fsp3) is 0.267. The lowest BCUT2D eigenvalue weighted by Crippen LogP contribution is -2.47. The van der Waals surface area contributed by atoms with Gasteiger partial charge in [-0.2, -0.15) is 22.7 Å². The Morgan fingerprint density at radius 1 is 0.955 bits per heavy atom. The maximum Gasteiger partial charge on any atom is 0.514 e. The molecule has 1 heterocycles. The molecular weight excluding hydrogens is 603 g/mol. The van der Waals surface area contributed by atoms with Crippen LogP contribution in [-0.4, -0.2) is 36.4 Å². The number of amides is 3. The van der Waals surface area contributed by atoms with Crippen LogP contribution in [0.25, 0.3) is 0 Å². The Kier molecular flexibility index (Phi) is 7.99. The summed E-state index contributed by atoms with van der Waals surface area (Å²) in [6, 6.07) is 12.5. The van der Waals surface area contributed by atoms with Crippen molar-refractivity contribution >= 4 is 33.8 Å². The van der Waals surface area contributed by atoms with Crippen molar-refractivity contribution in [2.75, 3.05) is 4.90 Å². The number of carbonyl (C=O) groups excluding carboxylic acids is 3. The van der Waals surface area contributed by atoms with Gasteiger partial charge >= 0.3 is 18.4 Å². The highest BCUT2D eigenvalue weighted by Crippen LogP contribution is 2.44. The molecule has 0 N–H and O–H groups in total. The second kappa shape index (κ2) is 11.0. The van der Waals surface area contributed by atoms with Gasteiger partial charge in [-0.1, -0.05) is 29.8 Å². The summed E-state index contributed by atoms with van der Waals surface area (Å²) in [5.74, 6) is -1.22. The Morgan fingerprint density at radius 2 is 1.55 bits per heavy atom. The van der Waals surface area contributed by atoms with Crippen molar-refractivity contribution in [2.24, 2.45) is 0 Å². The van der Waals surface area contributed by atoms with Gasteiger partial charge in [0.1, 0.15) is 11.4 Å². The van der Waals surface area contributed by atoms with Crippen LogP contribution in [-0.2, 0) is 31.3 Å². The first-order chi connectivity index (χ1) is 20.3. The van der Waals surface area contributed by atoms with E-state index in [4.69, 9.17) is 9.47 Å². The number of alkyl halides is 3. The van der Waals surface area contributed by atoms with Gasteiger partial charge < -0.3 is 9.47 Å². The van der Waals surface area contributed by atoms with Gasteiger partial charge in [0.2, 0.25) is 0 Å². The van der Waals surface area contributed by atoms with Crippen molar-refractivity contribution in [3.05, 3.63) is 89.0 Å². The third-order valence-electron chi connectivity index (χ3n) is 6.64. The molecule has 10 nitrogen and oxygen atoms in total. The predicted octanol–water partition coefficient (Wildman–Crippen LogP) is 6.27. The van der Waals surface area contributed by atoms with E-state index in [2.05, 4.69) is 0 Å². The van der Waals surface area contributed by atoms with Crippen LogP contribution in [0.1, 0.15) is 49.9 Å². The van der Waals surface area contributed by atoms with Gasteiger partial charge in [-0.15, -0.1) is 0 Å². The molecule has 230 valence electrons. The van der Waals surface area contributed by atoms with E-state index in [0.717, 1.165) is 19.1 Å². The van der Waals surface area contributed by atoms with Crippen LogP contribution in [0.5, 0.6) is 5.75 Å². The van der Waals surface area contributed by atoms with Crippen molar-refractivity contribution < 1.29 is 45.4 Å². The fourth-order valence-corrected chi connectivity index (χ4v) is 6.16. The van der Waals surface area contributed by atoms with E-state index in [9.17, 15) is 41.2 Å². The predicted molar refractivity (Wildman–Crippen MR) is 150 cm³/mol. The van der Waals surface area contributed by atoms with Crippen LogP contribution in [0.4, 0.5) is 28.4 Å². The summed E-state index contributed by atoms with van der Waals surface area (Å²) in [6.07, 6.45) is -6.05. The second-order valence-electron chi connectivity index (χ2n) is 11.0. The number of hydrogen-bond acceptors (Lipinski definition) is 8. The number of halogens is 3. The minimum absolute atomic E-state index is 0.0323. The number of rotatable bonds is 5. The third-order valence-corrected chi connectivity index (χ3v) is 8.51. The monoisotopic (exact) mass is 629 g/mol. The average Bonchev–Trinajstić information content (AvgIpc) is 3.13. The van der Waals surface area contributed by atoms with Crippen LogP contribution in [0.3, 0.4) is 0 Å². The molecule has 14 heteroatoms. The Balaban J connectivity index is 1.87. The van der Waals surface area contributed by atoms with Crippen LogP contribution < -0.4 is 9.64 Å². The first kappa shape index (κ1) is 32.0. The van der Waals surface area contributed by atoms with E-state index in [1.807, 2.05) is 0 Å². The molecule has 3 aromatic carbocycles. The maximum absolute atomic E-state index is 14.1. The topological polar surface area (TPSA) is 134 Å². The van der Waals surface area contributed by atoms with E-state index < -0.39 is 62.2 Å². The number of anilines is 1. The van der Waals surface area contributed by atoms with Crippen molar-refractivity contribution in [1.29, 1.82) is 5.26 Å². The summed E-state index contributed by atoms with van der Waals surface area (Å²) in [4.78, 5) is 40.0. The molecule has 44 heavy (non-hydrogen) atoms. The number of imide groups is 1. The Bertz CT molecular complexity index is 1790. The smallest absolute Gasteiger partial charge is 0.428 e. The lowest BCUT2D eigenvalue weighted by molar-refractivity contribution is -0.137. The first-order valence-electron chi connectivity index (χ1n) is 12.9. The van der Waals surface area contributed by atoms with Crippen LogP contribution in [0.2, 0.25) is 0 Å². The van der Waals surface area contributed by atoms with Crippen LogP contribution in [0, 0.1) is 18.3 Å². The number of urea groups is 1. The summed E-state index contributed by atoms with van der Waals surface area (Å²) >= 11 is 0. The number of aryl methyl sites for hydroxylation is 1. The third kappa shape index (κ3) is 5.83. The number of carbonyl (C=O) groups is 3. The summed E-state index contributed by atoms with van der Waals surface area (Å²) in [5.41, 5.74) is -5.28. The van der Waals surface area contributed by atoms with Crippen molar-refractivity contribution in [2.45, 2.75) is 56.8 Å². The molecule has 1 aliphatic rings. The molecule has 3 amide bonds. The van der Waals surface area contributed by atoms with E-state index in [-0.39, 0.29) is 16.2 Å². The number of sulfonamides is 1. The number of benzene rings is 3. The van der Waals surface area contributed by atoms with Gasteiger partial charge in [-0.3, -0.25) is 4.79 Å². The molecule has 1 fully saturated rings. The zero-order valence-electron chi connectivity index (χ0n) is 24.1. The maximum atomic E-state index is 14.1. The number of nitrogens with zero attached hydrogens (tertiary/aromatic N) is 3. The average molecular weight is 630 g/mol. The Morgan fingerprint density at radius 3 is 2.07 bits per heavy atom. The van der Waals surface area contributed by atoms with E-state index in [1.54, 1.807) is 27.7 Å². The molecule has 0 aromatic heterocycles. The summed E-state index contributed by atoms with van der Waals surface area (Å²) in [5, 5.41) is 9.18. The quantitative estimate of drug-likeness (QED) is 0.183. The Labute approximate surface area is 251 Å². The molecule has 0 aliphatic carbocycles. The summed E-state index contributed by atoms with van der Waals surface area (Å²) in [6.45, 7) is 7.72. The lowest BCUT2D eigenvalue weighted by atomic mass is 9.91. The Hall–Kier alpha value is -4.90. The molecule has 1 saturated heterocycles. The van der Waals surface area contributed by atoms with Gasteiger partial charge in [0.25, 0.3) is 15.9 Å². The first-order valence-corrected chi connectivity index (χ1v) is 14.4. The molecule has 0 saturated carbocycles. The minimum atomic E-state index is -5.02. The van der Waals surface area contributed by atoms with Crippen molar-refractivity contribution in [3.8, 4) is 11.8 Å². The van der Waals surface area contributed by atoms with Crippen LogP contribution >= 0.6 is 0 Å². The molecular formula is C30H26F3N3O7S. The van der Waals surface area contributed by atoms with E-state index >= 15 is 0 Å². The highest BCUT2D eigenvalue weighted by Gasteiger charge is 2.61. The highest BCUT2D eigenvalue weighted by atomic mass is 32.2. The van der Waals surface area contributed by atoms with Gasteiger partial charge in [0, 0.05) is 0 Å². The normalized spacial score (nSPS) is 17.4. The van der Waals surface area contributed by atoms with E-state index in [1.165, 1.54) is 54.6 Å². The molecule has 4 rings (SSSR count). The van der Waals surface area contributed by atoms with Crippen LogP contribution in [0.15, 0.2) is 71.6 Å². The lowest BCUT2D eigenvalue weighted by Gasteiger charge is -2.31. The SMILES string of the molecule is Cc1ccc(S(=O)(=O)N2C(=O)N(c3ccc(C#N)c(C(F)(F)F)c3)C(=O)C2(C)c2ccc(OC(=O)OC(C)(C)C)cc2)cc1. The number of ether oxygens (including phenoxy) is 2.